The number of aromatic nitrogens is 3. The molecule has 14 heavy (non-hydrogen) atoms. The largest absolute Gasteiger partial charge is 0.481 e. The van der Waals surface area contributed by atoms with Crippen LogP contribution in [0, 0.1) is 5.92 Å². The number of carbonyl (C=O) groups is 1. The van der Waals surface area contributed by atoms with Crippen LogP contribution in [0.5, 0.6) is 0 Å². The molecule has 0 aromatic carbocycles. The van der Waals surface area contributed by atoms with E-state index in [1.54, 1.807) is 0 Å². The van der Waals surface area contributed by atoms with Gasteiger partial charge in [0.1, 0.15) is 11.6 Å². The predicted octanol–water partition coefficient (Wildman–Crippen LogP) is 0.412. The van der Waals surface area contributed by atoms with E-state index in [-0.39, 0.29) is 11.8 Å². The zero-order valence-electron chi connectivity index (χ0n) is 7.68. The minimum Gasteiger partial charge on any atom is -0.481 e. The number of carboxylic acids is 1. The first-order valence-electron chi connectivity index (χ1n) is 4.92. The Morgan fingerprint density at radius 1 is 1.50 bits per heavy atom. The molecule has 3 rings (SSSR count). The van der Waals surface area contributed by atoms with Crippen LogP contribution in [0.2, 0.25) is 0 Å². The molecule has 0 bridgehead atoms. The van der Waals surface area contributed by atoms with E-state index in [0.717, 1.165) is 37.5 Å². The number of hydrogen-bond acceptors (Lipinski definition) is 3. The highest BCUT2D eigenvalue weighted by atomic mass is 16.4. The molecule has 1 fully saturated rings. The molecule has 2 heterocycles. The van der Waals surface area contributed by atoms with Crippen LogP contribution >= 0.6 is 0 Å². The molecule has 0 amide bonds. The molecular formula is C9H11N3O2. The first kappa shape index (κ1) is 7.96. The van der Waals surface area contributed by atoms with Crippen LogP contribution in [0.15, 0.2) is 0 Å². The van der Waals surface area contributed by atoms with Crippen molar-refractivity contribution in [1.29, 1.82) is 0 Å². The zero-order chi connectivity index (χ0) is 9.71. The minimum absolute atomic E-state index is 0.117. The predicted molar refractivity (Wildman–Crippen MR) is 46.8 cm³/mol. The summed E-state index contributed by atoms with van der Waals surface area (Å²) in [6, 6.07) is 0. The van der Waals surface area contributed by atoms with E-state index < -0.39 is 5.97 Å². The van der Waals surface area contributed by atoms with Crippen molar-refractivity contribution >= 4 is 5.97 Å². The van der Waals surface area contributed by atoms with E-state index in [4.69, 9.17) is 5.11 Å². The van der Waals surface area contributed by atoms with Gasteiger partial charge in [0.2, 0.25) is 0 Å². The number of hydrogen-bond donors (Lipinski definition) is 1. The molecule has 1 aromatic heterocycles. The quantitative estimate of drug-likeness (QED) is 0.738. The highest BCUT2D eigenvalue weighted by Crippen LogP contribution is 2.47. The molecule has 2 atom stereocenters. The first-order chi connectivity index (χ1) is 6.77. The fourth-order valence-electron chi connectivity index (χ4n) is 2.20. The Kier molecular flexibility index (Phi) is 1.45. The van der Waals surface area contributed by atoms with E-state index in [2.05, 4.69) is 14.8 Å². The lowest BCUT2D eigenvalue weighted by atomic mass is 10.3. The number of rotatable bonds is 2. The minimum atomic E-state index is -0.703. The van der Waals surface area contributed by atoms with Gasteiger partial charge < -0.3 is 9.67 Å². The Morgan fingerprint density at radius 2 is 2.36 bits per heavy atom. The Hall–Kier alpha value is -1.39. The summed E-state index contributed by atoms with van der Waals surface area (Å²) in [6.07, 6.45) is 2.83. The number of fused-ring (bicyclic) bond motifs is 1. The van der Waals surface area contributed by atoms with Crippen LogP contribution in [0.25, 0.3) is 0 Å². The van der Waals surface area contributed by atoms with Crippen LogP contribution in [0.3, 0.4) is 0 Å². The van der Waals surface area contributed by atoms with Gasteiger partial charge in [-0.3, -0.25) is 4.79 Å². The maximum absolute atomic E-state index is 10.7. The Bertz CT molecular complexity index is 399. The molecule has 2 unspecified atom stereocenters. The van der Waals surface area contributed by atoms with Crippen LogP contribution in [0.1, 0.15) is 30.4 Å². The summed E-state index contributed by atoms with van der Waals surface area (Å²) in [5.41, 5.74) is 0. The molecule has 0 spiro atoms. The van der Waals surface area contributed by atoms with Gasteiger partial charge in [0.25, 0.3) is 0 Å². The van der Waals surface area contributed by atoms with Crippen LogP contribution in [-0.2, 0) is 17.8 Å². The van der Waals surface area contributed by atoms with Crippen molar-refractivity contribution in [2.75, 3.05) is 0 Å². The molecule has 2 aliphatic rings. The van der Waals surface area contributed by atoms with Crippen molar-refractivity contribution in [1.82, 2.24) is 14.8 Å². The second-order valence-corrected chi connectivity index (χ2v) is 4.02. The highest BCUT2D eigenvalue weighted by molar-refractivity contribution is 5.74. The lowest BCUT2D eigenvalue weighted by Crippen LogP contribution is -2.04. The van der Waals surface area contributed by atoms with Crippen LogP contribution < -0.4 is 0 Å². The number of carboxylic acid groups (broad SMARTS) is 1. The van der Waals surface area contributed by atoms with Crippen molar-refractivity contribution in [2.24, 2.45) is 5.92 Å². The maximum atomic E-state index is 10.7. The fraction of sp³-hybridized carbons (Fsp3) is 0.667. The molecule has 1 aliphatic carbocycles. The van der Waals surface area contributed by atoms with Gasteiger partial charge in [0.05, 0.1) is 5.92 Å². The lowest BCUT2D eigenvalue weighted by Gasteiger charge is -1.99. The summed E-state index contributed by atoms with van der Waals surface area (Å²) >= 11 is 0. The van der Waals surface area contributed by atoms with Gasteiger partial charge in [-0.15, -0.1) is 10.2 Å². The summed E-state index contributed by atoms with van der Waals surface area (Å²) in [5.74, 6) is 1.11. The maximum Gasteiger partial charge on any atom is 0.307 e. The summed E-state index contributed by atoms with van der Waals surface area (Å²) < 4.78 is 2.09. The topological polar surface area (TPSA) is 68.0 Å². The van der Waals surface area contributed by atoms with E-state index in [0.29, 0.717) is 0 Å². The average Bonchev–Trinajstić information content (AvgIpc) is 2.65. The normalized spacial score (nSPS) is 28.9. The molecule has 1 aromatic rings. The molecule has 0 radical (unpaired) electrons. The van der Waals surface area contributed by atoms with Crippen molar-refractivity contribution in [3.05, 3.63) is 11.6 Å². The van der Waals surface area contributed by atoms with E-state index >= 15 is 0 Å². The zero-order valence-corrected chi connectivity index (χ0v) is 7.68. The second kappa shape index (κ2) is 2.56. The van der Waals surface area contributed by atoms with E-state index in [1.807, 2.05) is 0 Å². The summed E-state index contributed by atoms with van der Waals surface area (Å²) in [6.45, 7) is 0.959. The SMILES string of the molecule is O=C(O)C1CC1c1nnc2n1CCC2. The number of aryl methyl sites for hydroxylation is 1. The van der Waals surface area contributed by atoms with Crippen LogP contribution in [0.4, 0.5) is 0 Å². The second-order valence-electron chi connectivity index (χ2n) is 4.02. The standard InChI is InChI=1S/C9H11N3O2/c13-9(14)6-4-5(6)8-11-10-7-2-1-3-12(7)8/h5-6H,1-4H2,(H,13,14). The molecule has 5 heteroatoms. The average molecular weight is 193 g/mol. The highest BCUT2D eigenvalue weighted by Gasteiger charge is 2.47. The smallest absolute Gasteiger partial charge is 0.307 e. The van der Waals surface area contributed by atoms with Gasteiger partial charge in [0, 0.05) is 18.9 Å². The van der Waals surface area contributed by atoms with Crippen molar-refractivity contribution in [3.63, 3.8) is 0 Å². The van der Waals surface area contributed by atoms with Gasteiger partial charge in [-0.05, 0) is 12.8 Å². The van der Waals surface area contributed by atoms with Crippen molar-refractivity contribution < 1.29 is 9.90 Å². The van der Waals surface area contributed by atoms with Gasteiger partial charge in [0.15, 0.2) is 0 Å². The van der Waals surface area contributed by atoms with Gasteiger partial charge in [-0.2, -0.15) is 0 Å². The molecule has 5 nitrogen and oxygen atoms in total. The molecule has 0 saturated heterocycles. The van der Waals surface area contributed by atoms with Gasteiger partial charge >= 0.3 is 5.97 Å². The van der Waals surface area contributed by atoms with Gasteiger partial charge in [-0.25, -0.2) is 0 Å². The Balaban J connectivity index is 1.89. The molecule has 1 saturated carbocycles. The fourth-order valence-corrected chi connectivity index (χ4v) is 2.20. The number of aliphatic carboxylic acids is 1. The molecule has 74 valence electrons. The Labute approximate surface area is 80.8 Å². The first-order valence-corrected chi connectivity index (χ1v) is 4.92. The molecule has 1 aliphatic heterocycles. The van der Waals surface area contributed by atoms with Crippen molar-refractivity contribution in [3.8, 4) is 0 Å². The lowest BCUT2D eigenvalue weighted by molar-refractivity contribution is -0.138. The van der Waals surface area contributed by atoms with E-state index in [9.17, 15) is 4.79 Å². The van der Waals surface area contributed by atoms with E-state index in [1.165, 1.54) is 0 Å². The van der Waals surface area contributed by atoms with Crippen LogP contribution in [-0.4, -0.2) is 25.8 Å². The third kappa shape index (κ3) is 0.981. The summed E-state index contributed by atoms with van der Waals surface area (Å²) in [4.78, 5) is 10.7. The Morgan fingerprint density at radius 3 is 3.07 bits per heavy atom. The third-order valence-corrected chi connectivity index (χ3v) is 3.08. The third-order valence-electron chi connectivity index (χ3n) is 3.08. The molecule has 1 N–H and O–H groups in total. The summed E-state index contributed by atoms with van der Waals surface area (Å²) in [7, 11) is 0. The van der Waals surface area contributed by atoms with Crippen molar-refractivity contribution in [2.45, 2.75) is 31.7 Å². The molecular weight excluding hydrogens is 182 g/mol. The monoisotopic (exact) mass is 193 g/mol. The number of nitrogens with zero attached hydrogens (tertiary/aromatic N) is 3. The van der Waals surface area contributed by atoms with Gasteiger partial charge in [-0.1, -0.05) is 0 Å². The summed E-state index contributed by atoms with van der Waals surface area (Å²) in [5, 5.41) is 17.0.